The molecular formula is C50H90N2O15. The molecule has 3 heterocycles. The van der Waals surface area contributed by atoms with Crippen molar-refractivity contribution in [2.24, 2.45) is 17.8 Å². The monoisotopic (exact) mass is 959 g/mol. The SMILES string of the molecule is C=CCOCCCCCO[C@H]1[C@H](C)O[C@@H](O[C@H]2[C@H](C)[C@@H](O[C@@H]3O[C@H](C)C[C@H](N(C)C)[C@H]3OC(C)=O)[C@](C)(O)C[C@@H](C)CN(C)[C@H](C)C(O)[C@](C)(OC(C)=O)[C@@H](CC)OC(=O)[C@@H]2C)C[C@@]1(C)OC. The first-order valence-electron chi connectivity index (χ1n) is 24.6. The van der Waals surface area contributed by atoms with Gasteiger partial charge in [0.15, 0.2) is 24.3 Å². The number of hydrogen-bond donors (Lipinski definition) is 2. The highest BCUT2D eigenvalue weighted by Gasteiger charge is 2.54. The molecule has 0 bridgehead atoms. The molecule has 3 rings (SSSR count). The summed E-state index contributed by atoms with van der Waals surface area (Å²) >= 11 is 0. The van der Waals surface area contributed by atoms with Gasteiger partial charge in [-0.1, -0.05) is 26.8 Å². The van der Waals surface area contributed by atoms with Gasteiger partial charge in [0, 0.05) is 59.1 Å². The smallest absolute Gasteiger partial charge is 0.311 e. The molecule has 3 aliphatic heterocycles. The molecular weight excluding hydrogens is 869 g/mol. The van der Waals surface area contributed by atoms with Crippen LogP contribution >= 0.6 is 0 Å². The van der Waals surface area contributed by atoms with Gasteiger partial charge in [-0.3, -0.25) is 14.4 Å². The summed E-state index contributed by atoms with van der Waals surface area (Å²) in [7, 11) is 7.28. The normalized spacial score (nSPS) is 40.9. The summed E-state index contributed by atoms with van der Waals surface area (Å²) in [6, 6.07) is -0.872. The molecule has 17 nitrogen and oxygen atoms in total. The van der Waals surface area contributed by atoms with Gasteiger partial charge in [0.05, 0.1) is 54.2 Å². The third-order valence-electron chi connectivity index (χ3n) is 14.2. The molecule has 3 saturated heterocycles. The van der Waals surface area contributed by atoms with Gasteiger partial charge >= 0.3 is 17.9 Å². The average molecular weight is 959 g/mol. The van der Waals surface area contributed by atoms with Crippen LogP contribution in [0.3, 0.4) is 0 Å². The Hall–Kier alpha value is -2.29. The van der Waals surface area contributed by atoms with E-state index in [1.54, 1.807) is 40.9 Å². The lowest BCUT2D eigenvalue weighted by molar-refractivity contribution is -0.321. The molecule has 2 N–H and O–H groups in total. The number of rotatable bonds is 18. The molecule has 0 aliphatic carbocycles. The molecule has 0 aromatic heterocycles. The molecule has 0 saturated carbocycles. The number of aliphatic hydroxyl groups excluding tert-OH is 1. The molecule has 0 amide bonds. The van der Waals surface area contributed by atoms with Crippen LogP contribution in [0.15, 0.2) is 12.7 Å². The van der Waals surface area contributed by atoms with Crippen LogP contribution in [-0.2, 0) is 61.8 Å². The lowest BCUT2D eigenvalue weighted by Crippen LogP contribution is -2.61. The first kappa shape index (κ1) is 59.0. The molecule has 3 aliphatic rings. The average Bonchev–Trinajstić information content (AvgIpc) is 3.23. The Morgan fingerprint density at radius 2 is 1.60 bits per heavy atom. The summed E-state index contributed by atoms with van der Waals surface area (Å²) in [5.41, 5.74) is -4.14. The zero-order valence-corrected chi connectivity index (χ0v) is 43.8. The van der Waals surface area contributed by atoms with E-state index < -0.39 is 108 Å². The second-order valence-electron chi connectivity index (χ2n) is 20.6. The Morgan fingerprint density at radius 3 is 2.18 bits per heavy atom. The topological polar surface area (TPSA) is 190 Å². The van der Waals surface area contributed by atoms with E-state index in [4.69, 9.17) is 47.4 Å². The number of unbranched alkanes of at least 4 members (excludes halogenated alkanes) is 2. The first-order valence-corrected chi connectivity index (χ1v) is 24.6. The molecule has 67 heavy (non-hydrogen) atoms. The second kappa shape index (κ2) is 26.2. The summed E-state index contributed by atoms with van der Waals surface area (Å²) in [5.74, 6) is -3.91. The molecule has 0 aromatic rings. The minimum Gasteiger partial charge on any atom is -0.458 e. The molecule has 0 aromatic carbocycles. The van der Waals surface area contributed by atoms with Crippen molar-refractivity contribution >= 4 is 17.9 Å². The van der Waals surface area contributed by atoms with Crippen molar-refractivity contribution in [1.82, 2.24) is 9.80 Å². The van der Waals surface area contributed by atoms with Crippen molar-refractivity contribution in [3.8, 4) is 0 Å². The molecule has 17 heteroatoms. The Kier molecular flexibility index (Phi) is 23.1. The number of ether oxygens (including phenoxy) is 10. The van der Waals surface area contributed by atoms with E-state index in [0.29, 0.717) is 32.8 Å². The Morgan fingerprint density at radius 1 is 0.940 bits per heavy atom. The predicted octanol–water partition coefficient (Wildman–Crippen LogP) is 5.44. The maximum absolute atomic E-state index is 14.8. The Labute approximate surface area is 402 Å². The van der Waals surface area contributed by atoms with Crippen LogP contribution in [0.2, 0.25) is 0 Å². The summed E-state index contributed by atoms with van der Waals surface area (Å²) in [6.07, 6.45) is -3.18. The lowest BCUT2D eigenvalue weighted by Gasteiger charge is -2.49. The molecule has 18 atom stereocenters. The minimum absolute atomic E-state index is 0.191. The van der Waals surface area contributed by atoms with Crippen molar-refractivity contribution < 1.29 is 72.0 Å². The van der Waals surface area contributed by atoms with Gasteiger partial charge in [0.2, 0.25) is 0 Å². The summed E-state index contributed by atoms with van der Waals surface area (Å²) in [6.45, 7) is 26.5. The van der Waals surface area contributed by atoms with Gasteiger partial charge in [-0.2, -0.15) is 0 Å². The number of carbonyl (C=O) groups excluding carboxylic acids is 3. The van der Waals surface area contributed by atoms with E-state index in [2.05, 4.69) is 6.58 Å². The number of methoxy groups -OCH3 is 1. The zero-order chi connectivity index (χ0) is 50.6. The number of nitrogens with zero attached hydrogens (tertiary/aromatic N) is 2. The Bertz CT molecular complexity index is 1550. The van der Waals surface area contributed by atoms with E-state index >= 15 is 0 Å². The number of esters is 3. The van der Waals surface area contributed by atoms with Gasteiger partial charge < -0.3 is 67.4 Å². The van der Waals surface area contributed by atoms with Gasteiger partial charge in [0.25, 0.3) is 0 Å². The quantitative estimate of drug-likeness (QED) is 0.0764. The molecule has 3 fully saturated rings. The fourth-order valence-corrected chi connectivity index (χ4v) is 10.6. The maximum atomic E-state index is 14.8. The molecule has 0 spiro atoms. The van der Waals surface area contributed by atoms with Crippen LogP contribution in [0.5, 0.6) is 0 Å². The van der Waals surface area contributed by atoms with Crippen molar-refractivity contribution in [3.05, 3.63) is 12.7 Å². The van der Waals surface area contributed by atoms with E-state index in [0.717, 1.165) is 19.3 Å². The van der Waals surface area contributed by atoms with Crippen molar-refractivity contribution in [2.45, 2.75) is 218 Å². The maximum Gasteiger partial charge on any atom is 0.311 e. The first-order chi connectivity index (χ1) is 31.3. The zero-order valence-electron chi connectivity index (χ0n) is 43.8. The van der Waals surface area contributed by atoms with Crippen LogP contribution in [0.25, 0.3) is 0 Å². The van der Waals surface area contributed by atoms with E-state index in [1.165, 1.54) is 13.8 Å². The van der Waals surface area contributed by atoms with E-state index in [1.807, 2.05) is 72.5 Å². The largest absolute Gasteiger partial charge is 0.458 e. The molecule has 0 radical (unpaired) electrons. The fourth-order valence-electron chi connectivity index (χ4n) is 10.6. The second-order valence-corrected chi connectivity index (χ2v) is 20.6. The van der Waals surface area contributed by atoms with Crippen molar-refractivity contribution in [3.63, 3.8) is 0 Å². The number of aliphatic hydroxyl groups is 2. The van der Waals surface area contributed by atoms with E-state index in [9.17, 15) is 24.6 Å². The highest BCUT2D eigenvalue weighted by atomic mass is 16.7. The molecule has 1 unspecified atom stereocenters. The minimum atomic E-state index is -1.65. The Balaban J connectivity index is 2.17. The van der Waals surface area contributed by atoms with Crippen LogP contribution in [-0.4, -0.2) is 183 Å². The highest BCUT2D eigenvalue weighted by molar-refractivity contribution is 5.73. The van der Waals surface area contributed by atoms with E-state index in [-0.39, 0.29) is 37.3 Å². The van der Waals surface area contributed by atoms with Gasteiger partial charge in [0.1, 0.15) is 18.3 Å². The number of carbonyl (C=O) groups is 3. The van der Waals surface area contributed by atoms with Gasteiger partial charge in [-0.15, -0.1) is 6.58 Å². The fraction of sp³-hybridized carbons (Fsp3) is 0.900. The lowest BCUT2D eigenvalue weighted by atomic mass is 9.77. The number of cyclic esters (lactones) is 1. The van der Waals surface area contributed by atoms with Crippen molar-refractivity contribution in [1.29, 1.82) is 0 Å². The molecule has 390 valence electrons. The third-order valence-corrected chi connectivity index (χ3v) is 14.2. The summed E-state index contributed by atoms with van der Waals surface area (Å²) in [4.78, 5) is 44.1. The third kappa shape index (κ3) is 15.9. The van der Waals surface area contributed by atoms with Crippen LogP contribution in [0.1, 0.15) is 128 Å². The number of likely N-dealkylation sites (N-methyl/N-ethyl adjacent to an activating group) is 2. The van der Waals surface area contributed by atoms with Gasteiger partial charge in [-0.25, -0.2) is 0 Å². The van der Waals surface area contributed by atoms with Crippen LogP contribution < -0.4 is 0 Å². The van der Waals surface area contributed by atoms with Crippen LogP contribution in [0.4, 0.5) is 0 Å². The van der Waals surface area contributed by atoms with Gasteiger partial charge in [-0.05, 0) is 114 Å². The summed E-state index contributed by atoms with van der Waals surface area (Å²) in [5, 5.41) is 25.0. The standard InChI is InChI=1S/C50H90N2O15/c1-18-23-59-24-21-20-22-25-60-45-35(8)62-40(28-49(45,12)58-17)65-41-32(5)44(66-47-42(63-36(9)53)38(51(14)15)26-31(4)61-47)48(11,57)27-30(3)29-52(16)34(7)43(55)50(13,67-37(10)54)39(19-2)64-46(56)33(41)6/h18,30-35,38-45,47,55,57H,1,19-29H2,2-17H3/t30-,31-,32+,33-,34-,35+,38+,39-,40+,41+,42-,43?,44-,45+,47+,48-,49-,50-/m1/s1. The van der Waals surface area contributed by atoms with Crippen LogP contribution in [0, 0.1) is 17.8 Å². The van der Waals surface area contributed by atoms with Crippen molar-refractivity contribution in [2.75, 3.05) is 54.6 Å². The predicted molar refractivity (Wildman–Crippen MR) is 252 cm³/mol. The number of hydrogen-bond acceptors (Lipinski definition) is 17. The summed E-state index contributed by atoms with van der Waals surface area (Å²) < 4.78 is 63.5. The highest BCUT2D eigenvalue weighted by Crippen LogP contribution is 2.41.